The maximum atomic E-state index is 12.0. The van der Waals surface area contributed by atoms with Crippen molar-refractivity contribution in [2.45, 2.75) is 13.8 Å². The Kier molecular flexibility index (Phi) is 6.30. The molecule has 0 heterocycles. The molecule has 8 heteroatoms. The number of nitro benzene ring substituents is 1. The molecule has 136 valence electrons. The normalized spacial score (nSPS) is 10.3. The summed E-state index contributed by atoms with van der Waals surface area (Å²) in [7, 11) is 0. The van der Waals surface area contributed by atoms with E-state index in [1.54, 1.807) is 12.1 Å². The minimum absolute atomic E-state index is 0.0118. The number of hydrogen-bond donors (Lipinski definition) is 1. The number of non-ortho nitro benzene ring substituents is 1. The highest BCUT2D eigenvalue weighted by molar-refractivity contribution is 6.34. The molecule has 1 amide bonds. The fraction of sp³-hybridized carbons (Fsp3) is 0.222. The van der Waals surface area contributed by atoms with Crippen LogP contribution in [0.25, 0.3) is 0 Å². The molecular formula is C18H17ClN2O5. The summed E-state index contributed by atoms with van der Waals surface area (Å²) in [4.78, 5) is 34.1. The molecule has 0 fully saturated rings. The monoisotopic (exact) mass is 376 g/mol. The zero-order valence-electron chi connectivity index (χ0n) is 14.2. The van der Waals surface area contributed by atoms with Crippen molar-refractivity contribution in [2.75, 3.05) is 13.2 Å². The van der Waals surface area contributed by atoms with Gasteiger partial charge in [-0.1, -0.05) is 17.7 Å². The molecule has 2 rings (SSSR count). The second-order valence-corrected chi connectivity index (χ2v) is 6.02. The molecular weight excluding hydrogens is 360 g/mol. The van der Waals surface area contributed by atoms with Gasteiger partial charge in [-0.15, -0.1) is 0 Å². The second kappa shape index (κ2) is 8.44. The van der Waals surface area contributed by atoms with E-state index in [1.165, 1.54) is 12.1 Å². The maximum Gasteiger partial charge on any atom is 0.338 e. The summed E-state index contributed by atoms with van der Waals surface area (Å²) >= 11 is 5.89. The largest absolute Gasteiger partial charge is 0.460 e. The van der Waals surface area contributed by atoms with Gasteiger partial charge in [0.1, 0.15) is 6.61 Å². The summed E-state index contributed by atoms with van der Waals surface area (Å²) in [5.74, 6) is -0.983. The summed E-state index contributed by atoms with van der Waals surface area (Å²) in [6.07, 6.45) is 0. The van der Waals surface area contributed by atoms with E-state index in [9.17, 15) is 19.7 Å². The first-order chi connectivity index (χ1) is 12.3. The Morgan fingerprint density at radius 2 is 1.88 bits per heavy atom. The molecule has 1 N–H and O–H groups in total. The molecule has 0 atom stereocenters. The van der Waals surface area contributed by atoms with Crippen LogP contribution in [0.3, 0.4) is 0 Å². The van der Waals surface area contributed by atoms with Crippen LogP contribution in [0.4, 0.5) is 5.69 Å². The Balaban J connectivity index is 1.85. The second-order valence-electron chi connectivity index (χ2n) is 5.61. The summed E-state index contributed by atoms with van der Waals surface area (Å²) in [6, 6.07) is 8.84. The lowest BCUT2D eigenvalue weighted by atomic mass is 10.1. The molecule has 0 radical (unpaired) electrons. The number of carbonyl (C=O) groups is 2. The van der Waals surface area contributed by atoms with Gasteiger partial charge in [0.05, 0.1) is 27.6 Å². The van der Waals surface area contributed by atoms with Crippen LogP contribution in [0.5, 0.6) is 0 Å². The Labute approximate surface area is 155 Å². The number of esters is 1. The van der Waals surface area contributed by atoms with Gasteiger partial charge in [-0.05, 0) is 43.2 Å². The lowest BCUT2D eigenvalue weighted by Gasteiger charge is -2.09. The van der Waals surface area contributed by atoms with Crippen LogP contribution in [0.2, 0.25) is 5.02 Å². The number of hydrogen-bond acceptors (Lipinski definition) is 5. The van der Waals surface area contributed by atoms with E-state index in [4.69, 9.17) is 16.3 Å². The Morgan fingerprint density at radius 3 is 2.50 bits per heavy atom. The molecule has 0 aliphatic carbocycles. The Hall–Kier alpha value is -2.93. The number of nitro groups is 1. The average Bonchev–Trinajstić information content (AvgIpc) is 2.60. The van der Waals surface area contributed by atoms with Crippen LogP contribution in [0, 0.1) is 24.0 Å². The number of nitrogens with one attached hydrogen (secondary N) is 1. The molecule has 0 saturated carbocycles. The van der Waals surface area contributed by atoms with Gasteiger partial charge in [0.25, 0.3) is 11.6 Å². The zero-order valence-corrected chi connectivity index (χ0v) is 15.0. The van der Waals surface area contributed by atoms with Gasteiger partial charge in [-0.25, -0.2) is 4.79 Å². The van der Waals surface area contributed by atoms with Crippen molar-refractivity contribution >= 4 is 29.2 Å². The van der Waals surface area contributed by atoms with Gasteiger partial charge in [-0.2, -0.15) is 0 Å². The number of halogens is 1. The van der Waals surface area contributed by atoms with Crippen LogP contribution in [0.15, 0.2) is 36.4 Å². The SMILES string of the molecule is Cc1ccc(C(=O)OCCNC(=O)c2ccc([N+](=O)[O-])cc2Cl)cc1C. The van der Waals surface area contributed by atoms with Crippen molar-refractivity contribution in [1.82, 2.24) is 5.32 Å². The molecule has 0 bridgehead atoms. The lowest BCUT2D eigenvalue weighted by molar-refractivity contribution is -0.384. The number of rotatable bonds is 6. The highest BCUT2D eigenvalue weighted by Gasteiger charge is 2.15. The minimum Gasteiger partial charge on any atom is -0.460 e. The van der Waals surface area contributed by atoms with Crippen molar-refractivity contribution in [3.05, 3.63) is 73.8 Å². The fourth-order valence-electron chi connectivity index (χ4n) is 2.16. The van der Waals surface area contributed by atoms with Crippen LogP contribution in [-0.2, 0) is 4.74 Å². The lowest BCUT2D eigenvalue weighted by Crippen LogP contribution is -2.28. The van der Waals surface area contributed by atoms with E-state index < -0.39 is 16.8 Å². The van der Waals surface area contributed by atoms with E-state index in [1.807, 2.05) is 19.9 Å². The topological polar surface area (TPSA) is 98.5 Å². The van der Waals surface area contributed by atoms with Crippen molar-refractivity contribution < 1.29 is 19.2 Å². The van der Waals surface area contributed by atoms with Gasteiger partial charge in [0, 0.05) is 12.1 Å². The fourth-order valence-corrected chi connectivity index (χ4v) is 2.42. The van der Waals surface area contributed by atoms with Gasteiger partial charge in [0.15, 0.2) is 0 Å². The standard InChI is InChI=1S/C18H17ClN2O5/c1-11-3-4-13(9-12(11)2)18(23)26-8-7-20-17(22)15-6-5-14(21(24)25)10-16(15)19/h3-6,9-10H,7-8H2,1-2H3,(H,20,22). The number of nitrogens with zero attached hydrogens (tertiary/aromatic N) is 1. The number of aryl methyl sites for hydroxylation is 2. The summed E-state index contributed by atoms with van der Waals surface area (Å²) in [6.45, 7) is 3.93. The molecule has 0 aliphatic heterocycles. The smallest absolute Gasteiger partial charge is 0.338 e. The van der Waals surface area contributed by atoms with E-state index in [0.29, 0.717) is 5.56 Å². The molecule has 0 aliphatic rings. The molecule has 0 saturated heterocycles. The predicted octanol–water partition coefficient (Wildman–Crippen LogP) is 3.45. The number of benzene rings is 2. The Morgan fingerprint density at radius 1 is 1.15 bits per heavy atom. The molecule has 0 aromatic heterocycles. The minimum atomic E-state index is -0.597. The van der Waals surface area contributed by atoms with Crippen LogP contribution in [0.1, 0.15) is 31.8 Å². The van der Waals surface area contributed by atoms with Crippen molar-refractivity contribution in [1.29, 1.82) is 0 Å². The first-order valence-electron chi connectivity index (χ1n) is 7.76. The first-order valence-corrected chi connectivity index (χ1v) is 8.14. The predicted molar refractivity (Wildman–Crippen MR) is 96.6 cm³/mol. The van der Waals surface area contributed by atoms with E-state index in [2.05, 4.69) is 5.32 Å². The third kappa shape index (κ3) is 4.80. The van der Waals surface area contributed by atoms with Gasteiger partial charge < -0.3 is 10.1 Å². The maximum absolute atomic E-state index is 12.0. The van der Waals surface area contributed by atoms with Crippen LogP contribution < -0.4 is 5.32 Å². The zero-order chi connectivity index (χ0) is 19.3. The molecule has 0 unspecified atom stereocenters. The molecule has 26 heavy (non-hydrogen) atoms. The summed E-state index contributed by atoms with van der Waals surface area (Å²) < 4.78 is 5.11. The highest BCUT2D eigenvalue weighted by Crippen LogP contribution is 2.22. The number of carbonyl (C=O) groups excluding carboxylic acids is 2. The van der Waals surface area contributed by atoms with Crippen molar-refractivity contribution in [2.24, 2.45) is 0 Å². The van der Waals surface area contributed by atoms with Gasteiger partial charge in [0.2, 0.25) is 0 Å². The van der Waals surface area contributed by atoms with E-state index in [-0.39, 0.29) is 29.4 Å². The number of ether oxygens (including phenoxy) is 1. The number of amides is 1. The summed E-state index contributed by atoms with van der Waals surface area (Å²) in [5.41, 5.74) is 2.42. The Bertz CT molecular complexity index is 867. The molecule has 2 aromatic rings. The summed E-state index contributed by atoms with van der Waals surface area (Å²) in [5, 5.41) is 13.2. The third-order valence-corrected chi connectivity index (χ3v) is 4.08. The molecule has 7 nitrogen and oxygen atoms in total. The van der Waals surface area contributed by atoms with Crippen molar-refractivity contribution in [3.63, 3.8) is 0 Å². The molecule has 2 aromatic carbocycles. The molecule has 0 spiro atoms. The van der Waals surface area contributed by atoms with Gasteiger partial charge >= 0.3 is 5.97 Å². The van der Waals surface area contributed by atoms with Crippen LogP contribution >= 0.6 is 11.6 Å². The van der Waals surface area contributed by atoms with E-state index in [0.717, 1.165) is 17.2 Å². The van der Waals surface area contributed by atoms with Crippen LogP contribution in [-0.4, -0.2) is 30.0 Å². The third-order valence-electron chi connectivity index (χ3n) is 3.77. The average molecular weight is 377 g/mol. The van der Waals surface area contributed by atoms with Crippen molar-refractivity contribution in [3.8, 4) is 0 Å². The highest BCUT2D eigenvalue weighted by atomic mass is 35.5. The van der Waals surface area contributed by atoms with E-state index >= 15 is 0 Å². The quantitative estimate of drug-likeness (QED) is 0.360. The van der Waals surface area contributed by atoms with Gasteiger partial charge in [-0.3, -0.25) is 14.9 Å². The first kappa shape index (κ1) is 19.4.